The lowest BCUT2D eigenvalue weighted by atomic mass is 9.46. The molecule has 0 bridgehead atoms. The summed E-state index contributed by atoms with van der Waals surface area (Å²) in [4.78, 5) is 12.3. The molecule has 5 rings (SSSR count). The number of fused-ring (bicyclic) bond motifs is 5. The van der Waals surface area contributed by atoms with Crippen LogP contribution in [0.3, 0.4) is 0 Å². The summed E-state index contributed by atoms with van der Waals surface area (Å²) >= 11 is 0. The highest BCUT2D eigenvalue weighted by molar-refractivity contribution is 5.79. The SMILES string of the molecule is CC(=O)[C@H]1CC[C@H]2[C@@H]3CC=C4CC5(CC[C@]4(C)[C@H]3[C@H](O)C[C@]12C)OCCO5. The fraction of sp³-hybridized carbons (Fsp3) is 0.870. The molecule has 0 amide bonds. The van der Waals surface area contributed by atoms with Crippen molar-refractivity contribution in [3.63, 3.8) is 0 Å². The average molecular weight is 375 g/mol. The van der Waals surface area contributed by atoms with E-state index in [1.807, 2.05) is 0 Å². The van der Waals surface area contributed by atoms with Gasteiger partial charge < -0.3 is 14.6 Å². The molecule has 0 aromatic heterocycles. The Morgan fingerprint density at radius 1 is 1.19 bits per heavy atom. The van der Waals surface area contributed by atoms with E-state index in [9.17, 15) is 9.90 Å². The van der Waals surface area contributed by atoms with Crippen molar-refractivity contribution in [2.24, 2.45) is 34.5 Å². The predicted molar refractivity (Wildman–Crippen MR) is 102 cm³/mol. The fourth-order valence-corrected chi connectivity index (χ4v) is 8.15. The van der Waals surface area contributed by atoms with Crippen molar-refractivity contribution in [1.82, 2.24) is 0 Å². The van der Waals surface area contributed by atoms with Crippen molar-refractivity contribution in [1.29, 1.82) is 0 Å². The van der Waals surface area contributed by atoms with Crippen molar-refractivity contribution in [2.75, 3.05) is 13.2 Å². The molecule has 3 saturated carbocycles. The van der Waals surface area contributed by atoms with E-state index in [0.29, 0.717) is 36.8 Å². The van der Waals surface area contributed by atoms with Crippen LogP contribution in [0.5, 0.6) is 0 Å². The van der Waals surface area contributed by atoms with Crippen LogP contribution in [0.25, 0.3) is 0 Å². The van der Waals surface area contributed by atoms with Crippen LogP contribution in [-0.2, 0) is 14.3 Å². The molecular weight excluding hydrogens is 340 g/mol. The molecule has 1 aliphatic heterocycles. The lowest BCUT2D eigenvalue weighted by Crippen LogP contribution is -2.57. The van der Waals surface area contributed by atoms with Gasteiger partial charge in [0.05, 0.1) is 19.3 Å². The number of aliphatic hydroxyl groups excluding tert-OH is 1. The van der Waals surface area contributed by atoms with Crippen molar-refractivity contribution in [3.8, 4) is 0 Å². The van der Waals surface area contributed by atoms with Crippen molar-refractivity contribution < 1.29 is 19.4 Å². The first-order chi connectivity index (χ1) is 12.8. The van der Waals surface area contributed by atoms with Gasteiger partial charge in [-0.25, -0.2) is 0 Å². The first-order valence-corrected chi connectivity index (χ1v) is 11.0. The number of Topliss-reactive ketones (excluding diaryl/α,β-unsaturated/α-hetero) is 1. The van der Waals surface area contributed by atoms with Gasteiger partial charge in [-0.05, 0) is 67.6 Å². The number of ether oxygens (including phenoxy) is 2. The number of hydrogen-bond acceptors (Lipinski definition) is 4. The number of allylic oxidation sites excluding steroid dienone is 1. The van der Waals surface area contributed by atoms with Gasteiger partial charge in [-0.3, -0.25) is 4.79 Å². The van der Waals surface area contributed by atoms with Crippen molar-refractivity contribution in [3.05, 3.63) is 11.6 Å². The third kappa shape index (κ3) is 2.42. The number of carbonyl (C=O) groups is 1. The molecule has 0 radical (unpaired) electrons. The van der Waals surface area contributed by atoms with Gasteiger partial charge in [0, 0.05) is 18.8 Å². The minimum atomic E-state index is -0.403. The topological polar surface area (TPSA) is 55.8 Å². The maximum Gasteiger partial charge on any atom is 0.172 e. The van der Waals surface area contributed by atoms with E-state index < -0.39 is 5.79 Å². The second-order valence-corrected chi connectivity index (χ2v) is 10.5. The number of hydrogen-bond donors (Lipinski definition) is 1. The minimum absolute atomic E-state index is 0.0261. The Hall–Kier alpha value is -0.710. The highest BCUT2D eigenvalue weighted by Crippen LogP contribution is 2.67. The third-order valence-corrected chi connectivity index (χ3v) is 9.35. The van der Waals surface area contributed by atoms with Gasteiger partial charge >= 0.3 is 0 Å². The molecule has 0 unspecified atom stereocenters. The molecule has 27 heavy (non-hydrogen) atoms. The molecule has 150 valence electrons. The predicted octanol–water partition coefficient (Wildman–Crippen LogP) is 3.87. The summed E-state index contributed by atoms with van der Waals surface area (Å²) in [6.07, 6.45) is 8.91. The first-order valence-electron chi connectivity index (χ1n) is 11.0. The van der Waals surface area contributed by atoms with Crippen LogP contribution in [0.15, 0.2) is 11.6 Å². The van der Waals surface area contributed by atoms with Crippen molar-refractivity contribution in [2.45, 2.75) is 77.6 Å². The van der Waals surface area contributed by atoms with Gasteiger partial charge in [-0.2, -0.15) is 0 Å². The van der Waals surface area contributed by atoms with Gasteiger partial charge in [-0.1, -0.05) is 25.5 Å². The monoisotopic (exact) mass is 374 g/mol. The zero-order chi connectivity index (χ0) is 19.0. The van der Waals surface area contributed by atoms with Gasteiger partial charge in [0.2, 0.25) is 0 Å². The standard InChI is InChI=1S/C23H34O4/c1-14(24)17-6-7-18-16-5-4-15-12-23(26-10-11-27-23)9-8-21(15,2)20(16)19(25)13-22(17,18)3/h4,16-20,25H,5-13H2,1-3H3/t16-,17+,18-,19+,20+,21-,22+/m0/s1. The number of rotatable bonds is 1. The second-order valence-electron chi connectivity index (χ2n) is 10.5. The Morgan fingerprint density at radius 2 is 1.93 bits per heavy atom. The summed E-state index contributed by atoms with van der Waals surface area (Å²) in [5, 5.41) is 11.4. The molecular formula is C23H34O4. The normalized spacial score (nSPS) is 50.7. The first kappa shape index (κ1) is 18.3. The maximum absolute atomic E-state index is 12.3. The number of ketones is 1. The summed E-state index contributed by atoms with van der Waals surface area (Å²) in [6, 6.07) is 0. The lowest BCUT2D eigenvalue weighted by Gasteiger charge is -2.60. The Kier molecular flexibility index (Phi) is 4.00. The van der Waals surface area contributed by atoms with Crippen molar-refractivity contribution >= 4 is 5.78 Å². The minimum Gasteiger partial charge on any atom is -0.393 e. The Balaban J connectivity index is 1.49. The zero-order valence-corrected chi connectivity index (χ0v) is 17.0. The molecule has 4 fully saturated rings. The maximum atomic E-state index is 12.3. The van der Waals surface area contributed by atoms with E-state index in [1.165, 1.54) is 5.57 Å². The summed E-state index contributed by atoms with van der Waals surface area (Å²) in [7, 11) is 0. The van der Waals surface area contributed by atoms with Gasteiger partial charge in [0.1, 0.15) is 5.78 Å². The van der Waals surface area contributed by atoms with Crippen LogP contribution in [0.1, 0.15) is 65.7 Å². The molecule has 4 nitrogen and oxygen atoms in total. The smallest absolute Gasteiger partial charge is 0.172 e. The quantitative estimate of drug-likeness (QED) is 0.708. The van der Waals surface area contributed by atoms with Gasteiger partial charge in [0.25, 0.3) is 0 Å². The highest BCUT2D eigenvalue weighted by Gasteiger charge is 2.63. The molecule has 1 spiro atoms. The summed E-state index contributed by atoms with van der Waals surface area (Å²) in [5.74, 6) is 1.41. The van der Waals surface area contributed by atoms with Crippen LogP contribution in [0.4, 0.5) is 0 Å². The molecule has 0 aromatic rings. The molecule has 5 aliphatic rings. The van der Waals surface area contributed by atoms with Crippen LogP contribution in [0, 0.1) is 34.5 Å². The van der Waals surface area contributed by atoms with E-state index in [-0.39, 0.29) is 22.9 Å². The van der Waals surface area contributed by atoms with E-state index in [2.05, 4.69) is 19.9 Å². The van der Waals surface area contributed by atoms with E-state index in [1.54, 1.807) is 6.92 Å². The second kappa shape index (κ2) is 5.90. The molecule has 1 heterocycles. The summed E-state index contributed by atoms with van der Waals surface area (Å²) in [6.45, 7) is 7.81. The average Bonchev–Trinajstić information content (AvgIpc) is 3.19. The molecule has 0 aromatic carbocycles. The Bertz CT molecular complexity index is 678. The van der Waals surface area contributed by atoms with E-state index in [4.69, 9.17) is 9.47 Å². The van der Waals surface area contributed by atoms with E-state index in [0.717, 1.165) is 44.9 Å². The van der Waals surface area contributed by atoms with Gasteiger partial charge in [-0.15, -0.1) is 0 Å². The molecule has 7 atom stereocenters. The van der Waals surface area contributed by atoms with Crippen LogP contribution < -0.4 is 0 Å². The van der Waals surface area contributed by atoms with E-state index >= 15 is 0 Å². The Morgan fingerprint density at radius 3 is 2.63 bits per heavy atom. The molecule has 1 N–H and O–H groups in total. The van der Waals surface area contributed by atoms with Crippen LogP contribution in [0.2, 0.25) is 0 Å². The number of carbonyl (C=O) groups excluding carboxylic acids is 1. The van der Waals surface area contributed by atoms with Crippen LogP contribution >= 0.6 is 0 Å². The zero-order valence-electron chi connectivity index (χ0n) is 17.0. The van der Waals surface area contributed by atoms with Crippen LogP contribution in [-0.4, -0.2) is 36.0 Å². The summed E-state index contributed by atoms with van der Waals surface area (Å²) in [5.41, 5.74) is 1.46. The third-order valence-electron chi connectivity index (χ3n) is 9.35. The lowest BCUT2D eigenvalue weighted by molar-refractivity contribution is -0.194. The Labute approximate surface area is 162 Å². The number of aliphatic hydroxyl groups is 1. The molecule has 4 aliphatic carbocycles. The largest absolute Gasteiger partial charge is 0.393 e. The molecule has 4 heteroatoms. The summed E-state index contributed by atoms with van der Waals surface area (Å²) < 4.78 is 12.0. The highest BCUT2D eigenvalue weighted by atomic mass is 16.7. The fourth-order valence-electron chi connectivity index (χ4n) is 8.15. The van der Waals surface area contributed by atoms with Gasteiger partial charge in [0.15, 0.2) is 5.79 Å². The molecule has 1 saturated heterocycles.